The van der Waals surface area contributed by atoms with Gasteiger partial charge in [0.1, 0.15) is 0 Å². The zero-order valence-electron chi connectivity index (χ0n) is 10.6. The van der Waals surface area contributed by atoms with Gasteiger partial charge >= 0.3 is 5.97 Å². The molecular formula is C11H12F8O2. The Kier molecular flexibility index (Phi) is 7.65. The maximum Gasteiger partial charge on any atom is 0.335 e. The van der Waals surface area contributed by atoms with Crippen molar-refractivity contribution in [1.82, 2.24) is 0 Å². The summed E-state index contributed by atoms with van der Waals surface area (Å²) in [4.78, 5) is 10.8. The molecule has 0 aromatic rings. The summed E-state index contributed by atoms with van der Waals surface area (Å²) in [6, 6.07) is 0. The van der Waals surface area contributed by atoms with Crippen molar-refractivity contribution in [3.8, 4) is 0 Å². The van der Waals surface area contributed by atoms with Crippen LogP contribution in [0.15, 0.2) is 12.2 Å². The molecule has 6 atom stereocenters. The van der Waals surface area contributed by atoms with Crippen LogP contribution >= 0.6 is 0 Å². The SMILES string of the molecule is C=C(C)C(=O)OC(F)C(F)C(F)C(F)C(F)C(F)C(F)F. The molecule has 0 aromatic carbocycles. The van der Waals surface area contributed by atoms with Gasteiger partial charge in [-0.05, 0) is 6.92 Å². The molecule has 0 spiro atoms. The maximum atomic E-state index is 13.1. The van der Waals surface area contributed by atoms with Crippen molar-refractivity contribution in [3.05, 3.63) is 12.2 Å². The van der Waals surface area contributed by atoms with Crippen molar-refractivity contribution in [2.24, 2.45) is 0 Å². The van der Waals surface area contributed by atoms with Gasteiger partial charge in [-0.1, -0.05) is 6.58 Å². The van der Waals surface area contributed by atoms with Gasteiger partial charge in [0.15, 0.2) is 24.7 Å². The van der Waals surface area contributed by atoms with E-state index in [1.165, 1.54) is 0 Å². The highest BCUT2D eigenvalue weighted by Gasteiger charge is 2.46. The van der Waals surface area contributed by atoms with Gasteiger partial charge in [0.2, 0.25) is 6.17 Å². The molecule has 0 saturated carbocycles. The summed E-state index contributed by atoms with van der Waals surface area (Å²) in [7, 11) is 0. The van der Waals surface area contributed by atoms with Crippen LogP contribution in [0.5, 0.6) is 0 Å². The van der Waals surface area contributed by atoms with E-state index in [-0.39, 0.29) is 5.57 Å². The van der Waals surface area contributed by atoms with E-state index in [9.17, 15) is 39.9 Å². The van der Waals surface area contributed by atoms with Crippen molar-refractivity contribution in [2.45, 2.75) is 50.6 Å². The first kappa shape index (κ1) is 19.7. The second kappa shape index (κ2) is 8.18. The quantitative estimate of drug-likeness (QED) is 0.388. The molecule has 0 rings (SSSR count). The molecule has 0 fully saturated rings. The van der Waals surface area contributed by atoms with Crippen LogP contribution in [0.2, 0.25) is 0 Å². The van der Waals surface area contributed by atoms with Gasteiger partial charge in [-0.2, -0.15) is 4.39 Å². The number of hydrogen-bond donors (Lipinski definition) is 0. The molecule has 0 aliphatic heterocycles. The first-order chi connectivity index (χ1) is 9.50. The minimum Gasteiger partial charge on any atom is -0.424 e. The number of halogens is 8. The first-order valence-electron chi connectivity index (χ1n) is 5.49. The summed E-state index contributed by atoms with van der Waals surface area (Å²) in [6.07, 6.45) is -25.6. The van der Waals surface area contributed by atoms with E-state index in [1.807, 2.05) is 0 Å². The van der Waals surface area contributed by atoms with Crippen LogP contribution in [0.1, 0.15) is 6.92 Å². The number of carbonyl (C=O) groups excluding carboxylic acids is 1. The van der Waals surface area contributed by atoms with Crippen LogP contribution in [0.4, 0.5) is 35.1 Å². The van der Waals surface area contributed by atoms with Gasteiger partial charge in [-0.3, -0.25) is 0 Å². The van der Waals surface area contributed by atoms with Gasteiger partial charge in [0.25, 0.3) is 12.8 Å². The summed E-state index contributed by atoms with van der Waals surface area (Å²) in [5.74, 6) is -1.47. The molecular weight excluding hydrogens is 316 g/mol. The van der Waals surface area contributed by atoms with E-state index >= 15 is 0 Å². The highest BCUT2D eigenvalue weighted by atomic mass is 19.3. The Bertz CT molecular complexity index is 364. The molecule has 0 radical (unpaired) electrons. The Morgan fingerprint density at radius 2 is 1.19 bits per heavy atom. The number of rotatable bonds is 8. The van der Waals surface area contributed by atoms with E-state index in [4.69, 9.17) is 0 Å². The van der Waals surface area contributed by atoms with E-state index in [1.54, 1.807) is 0 Å². The van der Waals surface area contributed by atoms with Crippen molar-refractivity contribution >= 4 is 5.97 Å². The molecule has 0 saturated heterocycles. The molecule has 0 N–H and O–H groups in total. The van der Waals surface area contributed by atoms with Crippen molar-refractivity contribution < 1.29 is 44.7 Å². The third-order valence-electron chi connectivity index (χ3n) is 2.28. The predicted octanol–water partition coefficient (Wildman–Crippen LogP) is 3.36. The lowest BCUT2D eigenvalue weighted by Gasteiger charge is -2.23. The van der Waals surface area contributed by atoms with Crippen LogP contribution in [0, 0.1) is 0 Å². The third-order valence-corrected chi connectivity index (χ3v) is 2.28. The summed E-state index contributed by atoms with van der Waals surface area (Å²) < 4.78 is 105. The molecule has 0 heterocycles. The molecule has 0 aliphatic carbocycles. The molecule has 10 heteroatoms. The van der Waals surface area contributed by atoms with Gasteiger partial charge < -0.3 is 4.74 Å². The van der Waals surface area contributed by atoms with E-state index < -0.39 is 49.6 Å². The van der Waals surface area contributed by atoms with Gasteiger partial charge in [-0.25, -0.2) is 35.5 Å². The first-order valence-corrected chi connectivity index (χ1v) is 5.49. The normalized spacial score (nSPS) is 20.3. The average molecular weight is 328 g/mol. The lowest BCUT2D eigenvalue weighted by atomic mass is 10.0. The monoisotopic (exact) mass is 328 g/mol. The van der Waals surface area contributed by atoms with Crippen LogP contribution in [0.25, 0.3) is 0 Å². The molecule has 0 bridgehead atoms. The Balaban J connectivity index is 4.71. The average Bonchev–Trinajstić information content (AvgIpc) is 2.42. The minimum absolute atomic E-state index is 0.387. The fraction of sp³-hybridized carbons (Fsp3) is 0.727. The highest BCUT2D eigenvalue weighted by Crippen LogP contribution is 2.26. The Morgan fingerprint density at radius 3 is 1.57 bits per heavy atom. The van der Waals surface area contributed by atoms with Crippen LogP contribution in [0.3, 0.4) is 0 Å². The molecule has 6 unspecified atom stereocenters. The van der Waals surface area contributed by atoms with E-state index in [0.29, 0.717) is 0 Å². The fourth-order valence-electron chi connectivity index (χ4n) is 1.08. The lowest BCUT2D eigenvalue weighted by Crippen LogP contribution is -2.45. The number of carbonyl (C=O) groups is 1. The molecule has 0 amide bonds. The lowest BCUT2D eigenvalue weighted by molar-refractivity contribution is -0.166. The Morgan fingerprint density at radius 1 is 0.810 bits per heavy atom. The number of esters is 1. The maximum absolute atomic E-state index is 13.1. The summed E-state index contributed by atoms with van der Waals surface area (Å²) in [5.41, 5.74) is -0.387. The zero-order chi connectivity index (χ0) is 16.9. The smallest absolute Gasteiger partial charge is 0.335 e. The van der Waals surface area contributed by atoms with E-state index in [2.05, 4.69) is 11.3 Å². The second-order valence-corrected chi connectivity index (χ2v) is 4.09. The minimum atomic E-state index is -3.97. The standard InChI is InChI=1S/C11H12F8O2/c1-3(2)11(20)21-10(19)8(16)6(14)4(12)5(13)7(15)9(17)18/h4-10H,1H2,2H3. The zero-order valence-corrected chi connectivity index (χ0v) is 10.6. The van der Waals surface area contributed by atoms with Gasteiger partial charge in [-0.15, -0.1) is 0 Å². The van der Waals surface area contributed by atoms with Crippen LogP contribution in [-0.4, -0.2) is 49.6 Å². The Labute approximate surface area is 114 Å². The van der Waals surface area contributed by atoms with Crippen molar-refractivity contribution in [1.29, 1.82) is 0 Å². The number of ether oxygens (including phenoxy) is 1. The largest absolute Gasteiger partial charge is 0.424 e. The van der Waals surface area contributed by atoms with E-state index in [0.717, 1.165) is 6.92 Å². The molecule has 21 heavy (non-hydrogen) atoms. The fourth-order valence-corrected chi connectivity index (χ4v) is 1.08. The van der Waals surface area contributed by atoms with Gasteiger partial charge in [0, 0.05) is 5.57 Å². The molecule has 0 aliphatic rings. The number of hydrogen-bond acceptors (Lipinski definition) is 2. The van der Waals surface area contributed by atoms with Crippen molar-refractivity contribution in [3.63, 3.8) is 0 Å². The topological polar surface area (TPSA) is 26.3 Å². The molecule has 124 valence electrons. The summed E-state index contributed by atoms with van der Waals surface area (Å²) in [5, 5.41) is 0. The second-order valence-electron chi connectivity index (χ2n) is 4.09. The number of alkyl halides is 8. The highest BCUT2D eigenvalue weighted by molar-refractivity contribution is 5.87. The van der Waals surface area contributed by atoms with Crippen LogP contribution in [-0.2, 0) is 9.53 Å². The van der Waals surface area contributed by atoms with Crippen molar-refractivity contribution in [2.75, 3.05) is 0 Å². The summed E-state index contributed by atoms with van der Waals surface area (Å²) in [6.45, 7) is 4.04. The molecule has 0 aromatic heterocycles. The summed E-state index contributed by atoms with van der Waals surface area (Å²) >= 11 is 0. The Hall–Kier alpha value is -1.35. The third kappa shape index (κ3) is 5.50. The molecule has 2 nitrogen and oxygen atoms in total. The predicted molar refractivity (Wildman–Crippen MR) is 56.3 cm³/mol. The van der Waals surface area contributed by atoms with Crippen LogP contribution < -0.4 is 0 Å². The van der Waals surface area contributed by atoms with Gasteiger partial charge in [0.05, 0.1) is 0 Å².